The van der Waals surface area contributed by atoms with Gasteiger partial charge in [0.15, 0.2) is 0 Å². The average molecular weight is 315 g/mol. The summed E-state index contributed by atoms with van der Waals surface area (Å²) in [6.45, 7) is 0.556. The standard InChI is InChI=1S/C15H11BrN2O/c16-12-6-7-14-13(8-12)17-9-15(19)18(14)10-11-4-2-1-3-5-11/h1-9H,10H2. The molecule has 1 aromatic heterocycles. The average Bonchev–Trinajstić information content (AvgIpc) is 2.43. The van der Waals surface area contributed by atoms with Crippen molar-refractivity contribution in [2.75, 3.05) is 0 Å². The van der Waals surface area contributed by atoms with Crippen LogP contribution in [0.2, 0.25) is 0 Å². The smallest absolute Gasteiger partial charge is 0.269 e. The van der Waals surface area contributed by atoms with Crippen molar-refractivity contribution in [3.63, 3.8) is 0 Å². The van der Waals surface area contributed by atoms with E-state index in [0.29, 0.717) is 6.54 Å². The molecule has 3 nitrogen and oxygen atoms in total. The molecule has 0 unspecified atom stereocenters. The third-order valence-electron chi connectivity index (χ3n) is 2.99. The molecule has 0 saturated heterocycles. The largest absolute Gasteiger partial charge is 0.301 e. The Bertz CT molecular complexity index is 781. The first-order valence-corrected chi connectivity index (χ1v) is 6.72. The highest BCUT2D eigenvalue weighted by atomic mass is 79.9. The Morgan fingerprint density at radius 2 is 1.89 bits per heavy atom. The molecule has 94 valence electrons. The number of fused-ring (bicyclic) bond motifs is 1. The van der Waals surface area contributed by atoms with Gasteiger partial charge in [-0.3, -0.25) is 4.79 Å². The Morgan fingerprint density at radius 1 is 1.11 bits per heavy atom. The summed E-state index contributed by atoms with van der Waals surface area (Å²) in [5.74, 6) is 0. The molecule has 0 aliphatic heterocycles. The van der Waals surface area contributed by atoms with Crippen LogP contribution < -0.4 is 5.56 Å². The van der Waals surface area contributed by atoms with Crippen LogP contribution in [0.25, 0.3) is 11.0 Å². The van der Waals surface area contributed by atoms with Gasteiger partial charge < -0.3 is 4.57 Å². The number of nitrogens with zero attached hydrogens (tertiary/aromatic N) is 2. The van der Waals surface area contributed by atoms with Gasteiger partial charge in [-0.25, -0.2) is 4.98 Å². The number of halogens is 1. The predicted octanol–water partition coefficient (Wildman–Crippen LogP) is 3.21. The highest BCUT2D eigenvalue weighted by molar-refractivity contribution is 9.10. The minimum absolute atomic E-state index is 0.0846. The zero-order chi connectivity index (χ0) is 13.2. The Morgan fingerprint density at radius 3 is 2.68 bits per heavy atom. The summed E-state index contributed by atoms with van der Waals surface area (Å²) < 4.78 is 2.70. The lowest BCUT2D eigenvalue weighted by molar-refractivity contribution is 0.787. The van der Waals surface area contributed by atoms with Crippen LogP contribution in [0.1, 0.15) is 5.56 Å². The molecule has 19 heavy (non-hydrogen) atoms. The van der Waals surface area contributed by atoms with Crippen molar-refractivity contribution >= 4 is 27.0 Å². The predicted molar refractivity (Wildman–Crippen MR) is 79.2 cm³/mol. The van der Waals surface area contributed by atoms with E-state index in [1.807, 2.05) is 48.5 Å². The fourth-order valence-electron chi connectivity index (χ4n) is 2.07. The lowest BCUT2D eigenvalue weighted by atomic mass is 10.2. The van der Waals surface area contributed by atoms with E-state index >= 15 is 0 Å². The molecule has 0 radical (unpaired) electrons. The Hall–Kier alpha value is -1.94. The van der Waals surface area contributed by atoms with Gasteiger partial charge >= 0.3 is 0 Å². The fraction of sp³-hybridized carbons (Fsp3) is 0.0667. The van der Waals surface area contributed by atoms with Crippen LogP contribution in [-0.4, -0.2) is 9.55 Å². The summed E-state index contributed by atoms with van der Waals surface area (Å²) in [5, 5.41) is 0. The summed E-state index contributed by atoms with van der Waals surface area (Å²) >= 11 is 3.41. The maximum atomic E-state index is 12.0. The number of rotatable bonds is 2. The lowest BCUT2D eigenvalue weighted by Gasteiger charge is -2.09. The molecule has 0 atom stereocenters. The van der Waals surface area contributed by atoms with Crippen molar-refractivity contribution in [3.05, 3.63) is 75.1 Å². The van der Waals surface area contributed by atoms with Crippen molar-refractivity contribution in [2.24, 2.45) is 0 Å². The van der Waals surface area contributed by atoms with Gasteiger partial charge in [0.25, 0.3) is 5.56 Å². The first-order chi connectivity index (χ1) is 9.24. The molecule has 2 aromatic carbocycles. The van der Waals surface area contributed by atoms with Crippen molar-refractivity contribution < 1.29 is 0 Å². The second-order valence-corrected chi connectivity index (χ2v) is 5.22. The number of hydrogen-bond acceptors (Lipinski definition) is 2. The van der Waals surface area contributed by atoms with Crippen LogP contribution in [0.4, 0.5) is 0 Å². The van der Waals surface area contributed by atoms with Gasteiger partial charge in [0.05, 0.1) is 23.8 Å². The summed E-state index contributed by atoms with van der Waals surface area (Å²) in [4.78, 5) is 16.2. The zero-order valence-electron chi connectivity index (χ0n) is 10.1. The highest BCUT2D eigenvalue weighted by Gasteiger charge is 2.05. The molecule has 0 aliphatic rings. The SMILES string of the molecule is O=c1cnc2cc(Br)ccc2n1Cc1ccccc1. The van der Waals surface area contributed by atoms with Crippen LogP contribution in [-0.2, 0) is 6.54 Å². The van der Waals surface area contributed by atoms with Gasteiger partial charge in [0, 0.05) is 4.47 Å². The van der Waals surface area contributed by atoms with E-state index in [0.717, 1.165) is 21.1 Å². The zero-order valence-corrected chi connectivity index (χ0v) is 11.7. The van der Waals surface area contributed by atoms with Crippen molar-refractivity contribution in [1.29, 1.82) is 0 Å². The van der Waals surface area contributed by atoms with Gasteiger partial charge in [0.1, 0.15) is 0 Å². The highest BCUT2D eigenvalue weighted by Crippen LogP contribution is 2.17. The summed E-state index contributed by atoms with van der Waals surface area (Å²) in [7, 11) is 0. The fourth-order valence-corrected chi connectivity index (χ4v) is 2.42. The summed E-state index contributed by atoms with van der Waals surface area (Å²) in [6.07, 6.45) is 1.37. The molecule has 0 amide bonds. The Balaban J connectivity index is 2.17. The first-order valence-electron chi connectivity index (χ1n) is 5.93. The maximum Gasteiger partial charge on any atom is 0.269 e. The number of benzene rings is 2. The molecule has 0 saturated carbocycles. The van der Waals surface area contributed by atoms with Gasteiger partial charge in [-0.05, 0) is 23.8 Å². The van der Waals surface area contributed by atoms with Crippen LogP contribution in [0.5, 0.6) is 0 Å². The van der Waals surface area contributed by atoms with E-state index in [1.54, 1.807) is 4.57 Å². The van der Waals surface area contributed by atoms with Gasteiger partial charge in [-0.15, -0.1) is 0 Å². The van der Waals surface area contributed by atoms with E-state index in [-0.39, 0.29) is 5.56 Å². The molecule has 3 rings (SSSR count). The molecule has 0 bridgehead atoms. The molecular weight excluding hydrogens is 304 g/mol. The minimum Gasteiger partial charge on any atom is -0.301 e. The van der Waals surface area contributed by atoms with E-state index in [4.69, 9.17) is 0 Å². The summed E-state index contributed by atoms with van der Waals surface area (Å²) in [5.41, 5.74) is 2.67. The number of hydrogen-bond donors (Lipinski definition) is 0. The van der Waals surface area contributed by atoms with E-state index < -0.39 is 0 Å². The lowest BCUT2D eigenvalue weighted by Crippen LogP contribution is -2.21. The Kier molecular flexibility index (Phi) is 3.17. The second kappa shape index (κ2) is 4.97. The molecule has 0 fully saturated rings. The third-order valence-corrected chi connectivity index (χ3v) is 3.49. The Labute approximate surface area is 118 Å². The quantitative estimate of drug-likeness (QED) is 0.728. The van der Waals surface area contributed by atoms with Crippen LogP contribution >= 0.6 is 15.9 Å². The van der Waals surface area contributed by atoms with E-state index in [1.165, 1.54) is 6.20 Å². The monoisotopic (exact) mass is 314 g/mol. The molecule has 1 heterocycles. The third kappa shape index (κ3) is 2.44. The molecular formula is C15H11BrN2O. The van der Waals surface area contributed by atoms with Gasteiger partial charge in [0.2, 0.25) is 0 Å². The van der Waals surface area contributed by atoms with Crippen LogP contribution in [0.3, 0.4) is 0 Å². The summed E-state index contributed by atoms with van der Waals surface area (Å²) in [6, 6.07) is 15.7. The normalized spacial score (nSPS) is 10.8. The molecule has 3 aromatic rings. The van der Waals surface area contributed by atoms with Crippen molar-refractivity contribution in [3.8, 4) is 0 Å². The van der Waals surface area contributed by atoms with Gasteiger partial charge in [-0.2, -0.15) is 0 Å². The van der Waals surface area contributed by atoms with Crippen LogP contribution in [0, 0.1) is 0 Å². The topological polar surface area (TPSA) is 34.9 Å². The van der Waals surface area contributed by atoms with E-state index in [9.17, 15) is 4.79 Å². The minimum atomic E-state index is -0.0846. The number of aromatic nitrogens is 2. The van der Waals surface area contributed by atoms with Crippen molar-refractivity contribution in [2.45, 2.75) is 6.54 Å². The van der Waals surface area contributed by atoms with Gasteiger partial charge in [-0.1, -0.05) is 46.3 Å². The molecule has 4 heteroatoms. The molecule has 0 N–H and O–H groups in total. The second-order valence-electron chi connectivity index (χ2n) is 4.30. The van der Waals surface area contributed by atoms with Crippen molar-refractivity contribution in [1.82, 2.24) is 9.55 Å². The first kappa shape index (κ1) is 12.1. The van der Waals surface area contributed by atoms with Crippen LogP contribution in [0.15, 0.2) is 64.0 Å². The molecule has 0 spiro atoms. The molecule has 0 aliphatic carbocycles. The maximum absolute atomic E-state index is 12.0. The van der Waals surface area contributed by atoms with E-state index in [2.05, 4.69) is 20.9 Å².